The first-order valence-corrected chi connectivity index (χ1v) is 9.21. The van der Waals surface area contributed by atoms with Crippen LogP contribution in [0.3, 0.4) is 0 Å². The maximum Gasteiger partial charge on any atom is 0.338 e. The lowest BCUT2D eigenvalue weighted by Crippen LogP contribution is -2.30. The molecule has 1 aromatic heterocycles. The van der Waals surface area contributed by atoms with Gasteiger partial charge in [-0.15, -0.1) is 0 Å². The molecule has 0 radical (unpaired) electrons. The summed E-state index contributed by atoms with van der Waals surface area (Å²) in [6.45, 7) is 0.0678. The van der Waals surface area contributed by atoms with Crippen LogP contribution < -0.4 is 4.90 Å². The second-order valence-electron chi connectivity index (χ2n) is 6.90. The second kappa shape index (κ2) is 9.05. The van der Waals surface area contributed by atoms with Gasteiger partial charge in [0.2, 0.25) is 0 Å². The monoisotopic (exact) mass is 392 g/mol. The lowest BCUT2D eigenvalue weighted by molar-refractivity contribution is -0.133. The van der Waals surface area contributed by atoms with Crippen LogP contribution in [0.5, 0.6) is 0 Å². The van der Waals surface area contributed by atoms with Crippen LogP contribution in [0.25, 0.3) is 5.69 Å². The fraction of sp³-hybridized carbons (Fsp3) is 0.227. The number of carbonyl (C=O) groups excluding carboxylic acids is 2. The third-order valence-corrected chi connectivity index (χ3v) is 4.45. The van der Waals surface area contributed by atoms with Gasteiger partial charge in [-0.1, -0.05) is 18.2 Å². The molecule has 0 atom stereocenters. The Balaban J connectivity index is 1.51. The number of esters is 1. The predicted octanol–water partition coefficient (Wildman–Crippen LogP) is 2.75. The van der Waals surface area contributed by atoms with Gasteiger partial charge in [0.15, 0.2) is 6.61 Å². The molecule has 150 valence electrons. The van der Waals surface area contributed by atoms with Gasteiger partial charge in [-0.05, 0) is 36.4 Å². The third kappa shape index (κ3) is 5.22. The minimum Gasteiger partial charge on any atom is -0.452 e. The first-order chi connectivity index (χ1) is 13.9. The largest absolute Gasteiger partial charge is 0.452 e. The molecule has 2 aromatic carbocycles. The molecule has 0 fully saturated rings. The summed E-state index contributed by atoms with van der Waals surface area (Å²) in [7, 11) is 5.51. The van der Waals surface area contributed by atoms with Crippen molar-refractivity contribution in [1.29, 1.82) is 0 Å². The summed E-state index contributed by atoms with van der Waals surface area (Å²) in [6.07, 6.45) is 3.59. The number of hydrogen-bond acceptors (Lipinski definition) is 5. The van der Waals surface area contributed by atoms with Crippen LogP contribution in [-0.4, -0.2) is 54.3 Å². The van der Waals surface area contributed by atoms with Crippen LogP contribution in [0, 0.1) is 0 Å². The summed E-state index contributed by atoms with van der Waals surface area (Å²) in [5.41, 5.74) is 3.22. The molecule has 0 saturated heterocycles. The maximum atomic E-state index is 12.3. The van der Waals surface area contributed by atoms with Crippen molar-refractivity contribution in [3.8, 4) is 5.69 Å². The van der Waals surface area contributed by atoms with E-state index in [1.165, 1.54) is 4.90 Å². The average Bonchev–Trinajstić information content (AvgIpc) is 3.20. The van der Waals surface area contributed by atoms with Gasteiger partial charge in [0.1, 0.15) is 0 Å². The van der Waals surface area contributed by atoms with Gasteiger partial charge in [0, 0.05) is 45.1 Å². The summed E-state index contributed by atoms with van der Waals surface area (Å²) in [4.78, 5) is 27.9. The highest BCUT2D eigenvalue weighted by atomic mass is 16.5. The Morgan fingerprint density at radius 3 is 2.34 bits per heavy atom. The Morgan fingerprint density at radius 1 is 1.00 bits per heavy atom. The number of aromatic nitrogens is 2. The van der Waals surface area contributed by atoms with Crippen molar-refractivity contribution in [2.24, 2.45) is 0 Å². The predicted molar refractivity (Wildman–Crippen MR) is 111 cm³/mol. The zero-order chi connectivity index (χ0) is 20.8. The topological polar surface area (TPSA) is 67.7 Å². The molecular weight excluding hydrogens is 368 g/mol. The zero-order valence-electron chi connectivity index (χ0n) is 16.8. The van der Waals surface area contributed by atoms with E-state index >= 15 is 0 Å². The highest BCUT2D eigenvalue weighted by molar-refractivity contribution is 5.91. The highest BCUT2D eigenvalue weighted by Crippen LogP contribution is 2.13. The van der Waals surface area contributed by atoms with Gasteiger partial charge < -0.3 is 14.5 Å². The van der Waals surface area contributed by atoms with Crippen LogP contribution in [0.4, 0.5) is 5.69 Å². The molecule has 3 rings (SSSR count). The van der Waals surface area contributed by atoms with Crippen molar-refractivity contribution in [2.75, 3.05) is 32.6 Å². The number of anilines is 1. The van der Waals surface area contributed by atoms with Crippen molar-refractivity contribution in [2.45, 2.75) is 6.54 Å². The minimum atomic E-state index is -0.519. The van der Waals surface area contributed by atoms with E-state index in [0.717, 1.165) is 16.9 Å². The molecular formula is C22H24N4O3. The van der Waals surface area contributed by atoms with Gasteiger partial charge >= 0.3 is 5.97 Å². The molecule has 0 saturated carbocycles. The van der Waals surface area contributed by atoms with Gasteiger partial charge in [-0.2, -0.15) is 5.10 Å². The van der Waals surface area contributed by atoms with Crippen LogP contribution in [0.15, 0.2) is 67.0 Å². The van der Waals surface area contributed by atoms with E-state index in [9.17, 15) is 9.59 Å². The zero-order valence-corrected chi connectivity index (χ0v) is 16.8. The van der Waals surface area contributed by atoms with Crippen molar-refractivity contribution in [3.05, 3.63) is 78.1 Å². The molecule has 29 heavy (non-hydrogen) atoms. The van der Waals surface area contributed by atoms with Gasteiger partial charge in [0.05, 0.1) is 17.4 Å². The number of ether oxygens (including phenoxy) is 1. The Kier molecular flexibility index (Phi) is 6.29. The standard InChI is InChI=1S/C22H24N4O3/c1-24(2)19-11-9-18(10-12-19)22(28)29-16-21(27)25(3)14-17-13-23-26(15-17)20-7-5-4-6-8-20/h4-13,15H,14,16H2,1-3H3. The Morgan fingerprint density at radius 2 is 1.69 bits per heavy atom. The number of hydrogen-bond donors (Lipinski definition) is 0. The molecule has 0 aliphatic carbocycles. The third-order valence-electron chi connectivity index (χ3n) is 4.45. The highest BCUT2D eigenvalue weighted by Gasteiger charge is 2.15. The van der Waals surface area contributed by atoms with E-state index in [1.54, 1.807) is 30.1 Å². The number of amides is 1. The molecule has 0 aliphatic heterocycles. The quantitative estimate of drug-likeness (QED) is 0.579. The smallest absolute Gasteiger partial charge is 0.338 e. The first-order valence-electron chi connectivity index (χ1n) is 9.21. The molecule has 0 aliphatic rings. The van der Waals surface area contributed by atoms with Crippen LogP contribution in [0.2, 0.25) is 0 Å². The fourth-order valence-corrected chi connectivity index (χ4v) is 2.74. The Hall–Kier alpha value is -3.61. The van der Waals surface area contributed by atoms with Crippen molar-refractivity contribution in [1.82, 2.24) is 14.7 Å². The summed E-state index contributed by atoms with van der Waals surface area (Å²) in [5, 5.41) is 4.32. The molecule has 3 aromatic rings. The molecule has 0 unspecified atom stereocenters. The Labute approximate surface area is 170 Å². The number of carbonyl (C=O) groups is 2. The number of para-hydroxylation sites is 1. The van der Waals surface area contributed by atoms with Gasteiger partial charge in [0.25, 0.3) is 5.91 Å². The number of nitrogens with zero attached hydrogens (tertiary/aromatic N) is 4. The summed E-state index contributed by atoms with van der Waals surface area (Å²) in [6, 6.07) is 16.8. The minimum absolute atomic E-state index is 0.282. The number of benzene rings is 2. The van der Waals surface area contributed by atoms with Crippen molar-refractivity contribution in [3.63, 3.8) is 0 Å². The molecule has 1 heterocycles. The fourth-order valence-electron chi connectivity index (χ4n) is 2.74. The number of likely N-dealkylation sites (N-methyl/N-ethyl adjacent to an activating group) is 1. The van der Waals surface area contributed by atoms with Gasteiger partial charge in [-0.3, -0.25) is 4.79 Å². The lowest BCUT2D eigenvalue weighted by Gasteiger charge is -2.16. The summed E-state index contributed by atoms with van der Waals surface area (Å²) < 4.78 is 6.91. The van der Waals surface area contributed by atoms with Crippen molar-refractivity contribution >= 4 is 17.6 Å². The van der Waals surface area contributed by atoms with Crippen LogP contribution in [-0.2, 0) is 16.1 Å². The Bertz CT molecular complexity index is 965. The van der Waals surface area contributed by atoms with Crippen LogP contribution >= 0.6 is 0 Å². The molecule has 0 spiro atoms. The molecule has 0 bridgehead atoms. The summed E-state index contributed by atoms with van der Waals surface area (Å²) in [5.74, 6) is -0.801. The number of rotatable bonds is 7. The normalized spacial score (nSPS) is 10.4. The van der Waals surface area contributed by atoms with E-state index in [0.29, 0.717) is 12.1 Å². The van der Waals surface area contributed by atoms with Crippen molar-refractivity contribution < 1.29 is 14.3 Å². The van der Waals surface area contributed by atoms with Crippen LogP contribution in [0.1, 0.15) is 15.9 Å². The SMILES string of the molecule is CN(Cc1cnn(-c2ccccc2)c1)C(=O)COC(=O)c1ccc(N(C)C)cc1. The van der Waals surface area contributed by atoms with Gasteiger partial charge in [-0.25, -0.2) is 9.48 Å². The van der Waals surface area contributed by atoms with E-state index in [4.69, 9.17) is 4.74 Å². The second-order valence-corrected chi connectivity index (χ2v) is 6.90. The van der Waals surface area contributed by atoms with E-state index in [1.807, 2.05) is 67.7 Å². The molecule has 0 N–H and O–H groups in total. The van der Waals surface area contributed by atoms with E-state index in [-0.39, 0.29) is 12.5 Å². The molecule has 7 nitrogen and oxygen atoms in total. The first kappa shape index (κ1) is 20.1. The lowest BCUT2D eigenvalue weighted by atomic mass is 10.2. The van der Waals surface area contributed by atoms with E-state index < -0.39 is 5.97 Å². The molecule has 7 heteroatoms. The summed E-state index contributed by atoms with van der Waals surface area (Å²) >= 11 is 0. The van der Waals surface area contributed by atoms with E-state index in [2.05, 4.69) is 5.10 Å². The molecule has 1 amide bonds. The average molecular weight is 392 g/mol. The maximum absolute atomic E-state index is 12.3.